The molecule has 2 heterocycles. The lowest BCUT2D eigenvalue weighted by Gasteiger charge is -2.15. The predicted octanol–water partition coefficient (Wildman–Crippen LogP) is 6.12. The molecule has 8 nitrogen and oxygen atoms in total. The Labute approximate surface area is 227 Å². The van der Waals surface area contributed by atoms with Gasteiger partial charge in [0.05, 0.1) is 24.3 Å². The number of hydrogen-bond donors (Lipinski definition) is 1. The first-order valence-corrected chi connectivity index (χ1v) is 12.6. The predicted molar refractivity (Wildman–Crippen MR) is 146 cm³/mol. The van der Waals surface area contributed by atoms with Crippen LogP contribution in [0.15, 0.2) is 88.1 Å². The minimum absolute atomic E-state index is 0.0188. The Morgan fingerprint density at radius 3 is 2.15 bits per heavy atom. The van der Waals surface area contributed by atoms with Crippen LogP contribution in [0.3, 0.4) is 0 Å². The fourth-order valence-electron chi connectivity index (χ4n) is 4.68. The number of esters is 2. The molecular weight excluding hydrogens is 517 g/mol. The Balaban J connectivity index is 2.05. The summed E-state index contributed by atoms with van der Waals surface area (Å²) >= 11 is 0. The third-order valence-corrected chi connectivity index (χ3v) is 6.29. The van der Waals surface area contributed by atoms with Gasteiger partial charge in [-0.1, -0.05) is 42.5 Å². The van der Waals surface area contributed by atoms with Gasteiger partial charge in [-0.2, -0.15) is 0 Å². The maximum absolute atomic E-state index is 14.0. The van der Waals surface area contributed by atoms with Crippen molar-refractivity contribution in [3.8, 4) is 33.8 Å². The second-order valence-corrected chi connectivity index (χ2v) is 8.68. The van der Waals surface area contributed by atoms with E-state index in [0.717, 1.165) is 0 Å². The van der Waals surface area contributed by atoms with Crippen LogP contribution in [-0.4, -0.2) is 34.8 Å². The smallest absolute Gasteiger partial charge is 0.356 e. The highest BCUT2D eigenvalue weighted by Crippen LogP contribution is 2.45. The van der Waals surface area contributed by atoms with E-state index in [0.29, 0.717) is 11.3 Å². The molecule has 5 aromatic rings. The number of carbonyl (C=O) groups excluding carboxylic acids is 2. The highest BCUT2D eigenvalue weighted by molar-refractivity contribution is 6.13. The molecule has 0 radical (unpaired) electrons. The molecule has 202 valence electrons. The van der Waals surface area contributed by atoms with Gasteiger partial charge in [0, 0.05) is 11.3 Å². The Morgan fingerprint density at radius 1 is 0.850 bits per heavy atom. The molecule has 1 N–H and O–H groups in total. The van der Waals surface area contributed by atoms with Gasteiger partial charge in [0.2, 0.25) is 0 Å². The zero-order valence-electron chi connectivity index (χ0n) is 21.6. The first-order valence-electron chi connectivity index (χ1n) is 12.6. The number of carbonyl (C=O) groups is 2. The first kappa shape index (κ1) is 26.4. The van der Waals surface area contributed by atoms with E-state index in [9.17, 15) is 23.9 Å². The van der Waals surface area contributed by atoms with Crippen molar-refractivity contribution in [2.45, 2.75) is 13.8 Å². The average Bonchev–Trinajstić information content (AvgIpc) is 3.30. The molecule has 0 aliphatic rings. The summed E-state index contributed by atoms with van der Waals surface area (Å²) in [6.07, 6.45) is 0. The summed E-state index contributed by atoms with van der Waals surface area (Å²) in [5.74, 6) is -2.77. The van der Waals surface area contributed by atoms with Gasteiger partial charge >= 0.3 is 17.6 Å². The highest BCUT2D eigenvalue weighted by atomic mass is 19.1. The van der Waals surface area contributed by atoms with Crippen molar-refractivity contribution in [2.24, 2.45) is 0 Å². The maximum Gasteiger partial charge on any atom is 0.356 e. The molecule has 0 spiro atoms. The number of aromatic nitrogens is 1. The van der Waals surface area contributed by atoms with Gasteiger partial charge in [-0.25, -0.2) is 18.8 Å². The molecule has 2 aromatic heterocycles. The Bertz CT molecular complexity index is 1790. The lowest BCUT2D eigenvalue weighted by Crippen LogP contribution is -2.17. The molecule has 0 saturated carbocycles. The largest absolute Gasteiger partial charge is 0.506 e. The quantitative estimate of drug-likeness (QED) is 0.195. The highest BCUT2D eigenvalue weighted by Gasteiger charge is 2.37. The molecule has 3 aromatic carbocycles. The van der Waals surface area contributed by atoms with Gasteiger partial charge in [0.15, 0.2) is 0 Å². The van der Waals surface area contributed by atoms with Gasteiger partial charge in [-0.05, 0) is 55.8 Å². The van der Waals surface area contributed by atoms with E-state index < -0.39 is 29.1 Å². The molecule has 5 rings (SSSR count). The zero-order chi connectivity index (χ0) is 28.4. The second-order valence-electron chi connectivity index (χ2n) is 8.68. The summed E-state index contributed by atoms with van der Waals surface area (Å²) in [5.41, 5.74) is -0.826. The number of fused-ring (bicyclic) bond motifs is 1. The van der Waals surface area contributed by atoms with Crippen LogP contribution in [0.25, 0.3) is 39.0 Å². The standard InChI is InChI=1S/C31H24FNO7/c1-3-38-29(35)24-23(25-28(34)21-12-8-9-13-22(21)40-30(25)36)26(18-10-6-5-7-11-18)33(27(24)31(37)39-4-2)20-16-14-19(32)15-17-20/h5-17,34H,3-4H2,1-2H3. The first-order chi connectivity index (χ1) is 19.4. The van der Waals surface area contributed by atoms with Crippen molar-refractivity contribution in [1.29, 1.82) is 0 Å². The van der Waals surface area contributed by atoms with Crippen molar-refractivity contribution in [1.82, 2.24) is 4.57 Å². The Kier molecular flexibility index (Phi) is 7.20. The van der Waals surface area contributed by atoms with Gasteiger partial charge in [-0.3, -0.25) is 0 Å². The van der Waals surface area contributed by atoms with E-state index in [1.54, 1.807) is 62.4 Å². The summed E-state index contributed by atoms with van der Waals surface area (Å²) in [6.45, 7) is 3.14. The van der Waals surface area contributed by atoms with Crippen LogP contribution < -0.4 is 5.63 Å². The van der Waals surface area contributed by atoms with Gasteiger partial charge < -0.3 is 23.6 Å². The number of benzene rings is 3. The van der Waals surface area contributed by atoms with Crippen LogP contribution in [0, 0.1) is 5.82 Å². The minimum atomic E-state index is -0.939. The number of para-hydroxylation sites is 1. The van der Waals surface area contributed by atoms with E-state index in [1.165, 1.54) is 34.9 Å². The van der Waals surface area contributed by atoms with E-state index in [1.807, 2.05) is 0 Å². The topological polar surface area (TPSA) is 108 Å². The van der Waals surface area contributed by atoms with Crippen molar-refractivity contribution >= 4 is 22.9 Å². The molecule has 0 bridgehead atoms. The Hall–Kier alpha value is -5.18. The van der Waals surface area contributed by atoms with E-state index in [2.05, 4.69) is 0 Å². The Morgan fingerprint density at radius 2 is 1.48 bits per heavy atom. The summed E-state index contributed by atoms with van der Waals surface area (Å²) in [5, 5.41) is 11.7. The summed E-state index contributed by atoms with van der Waals surface area (Å²) in [6, 6.07) is 20.3. The maximum atomic E-state index is 14.0. The van der Waals surface area contributed by atoms with Crippen LogP contribution in [0.4, 0.5) is 4.39 Å². The molecule has 0 fully saturated rings. The minimum Gasteiger partial charge on any atom is -0.506 e. The number of halogens is 1. The lowest BCUT2D eigenvalue weighted by atomic mass is 9.96. The third-order valence-electron chi connectivity index (χ3n) is 6.29. The summed E-state index contributed by atoms with van der Waals surface area (Å²) < 4.78 is 31.6. The number of aromatic hydroxyl groups is 1. The van der Waals surface area contributed by atoms with Crippen molar-refractivity contribution in [2.75, 3.05) is 13.2 Å². The molecule has 0 atom stereocenters. The molecule has 0 aliphatic heterocycles. The van der Waals surface area contributed by atoms with E-state index in [-0.39, 0.29) is 52.3 Å². The van der Waals surface area contributed by atoms with Crippen molar-refractivity contribution in [3.05, 3.63) is 106 Å². The third kappa shape index (κ3) is 4.51. The lowest BCUT2D eigenvalue weighted by molar-refractivity contribution is 0.0473. The molecule has 0 amide bonds. The molecule has 0 unspecified atom stereocenters. The fraction of sp³-hybridized carbons (Fsp3) is 0.129. The molecule has 0 saturated heterocycles. The van der Waals surface area contributed by atoms with Crippen LogP contribution >= 0.6 is 0 Å². The average molecular weight is 542 g/mol. The number of ether oxygens (including phenoxy) is 2. The number of rotatable bonds is 7. The number of hydrogen-bond acceptors (Lipinski definition) is 7. The molecule has 40 heavy (non-hydrogen) atoms. The van der Waals surface area contributed by atoms with Gasteiger partial charge in [-0.15, -0.1) is 0 Å². The monoisotopic (exact) mass is 541 g/mol. The van der Waals surface area contributed by atoms with Crippen molar-refractivity contribution in [3.63, 3.8) is 0 Å². The van der Waals surface area contributed by atoms with Crippen LogP contribution in [-0.2, 0) is 9.47 Å². The van der Waals surface area contributed by atoms with Gasteiger partial charge in [0.1, 0.15) is 34.0 Å². The molecule has 0 aliphatic carbocycles. The second kappa shape index (κ2) is 10.9. The van der Waals surface area contributed by atoms with E-state index >= 15 is 0 Å². The summed E-state index contributed by atoms with van der Waals surface area (Å²) in [7, 11) is 0. The normalized spacial score (nSPS) is 11.0. The van der Waals surface area contributed by atoms with Crippen LogP contribution in [0.5, 0.6) is 5.75 Å². The summed E-state index contributed by atoms with van der Waals surface area (Å²) in [4.78, 5) is 40.7. The SMILES string of the molecule is CCOC(=O)c1c(-c2c(O)c3ccccc3oc2=O)c(-c2ccccc2)n(-c2ccc(F)cc2)c1C(=O)OCC. The fourth-order valence-corrected chi connectivity index (χ4v) is 4.68. The van der Waals surface area contributed by atoms with E-state index in [4.69, 9.17) is 13.9 Å². The van der Waals surface area contributed by atoms with Crippen molar-refractivity contribution < 1.29 is 33.0 Å². The number of nitrogens with zero attached hydrogens (tertiary/aromatic N) is 1. The molecular formula is C31H24FNO7. The van der Waals surface area contributed by atoms with Crippen LogP contribution in [0.2, 0.25) is 0 Å². The van der Waals surface area contributed by atoms with Crippen LogP contribution in [0.1, 0.15) is 34.7 Å². The zero-order valence-corrected chi connectivity index (χ0v) is 21.6. The molecule has 9 heteroatoms. The van der Waals surface area contributed by atoms with Gasteiger partial charge in [0.25, 0.3) is 0 Å².